The van der Waals surface area contributed by atoms with E-state index in [4.69, 9.17) is 9.57 Å². The Kier molecular flexibility index (Phi) is 3.23. The third-order valence-electron chi connectivity index (χ3n) is 2.59. The molecule has 0 bridgehead atoms. The van der Waals surface area contributed by atoms with Crippen LogP contribution in [-0.4, -0.2) is 28.8 Å². The number of nitrogens with zero attached hydrogens (tertiary/aromatic N) is 1. The van der Waals surface area contributed by atoms with Gasteiger partial charge in [0.2, 0.25) is 0 Å². The molecule has 1 heterocycles. The lowest BCUT2D eigenvalue weighted by molar-refractivity contribution is -0.767. The molecule has 1 aliphatic rings. The van der Waals surface area contributed by atoms with Crippen molar-refractivity contribution in [3.63, 3.8) is 0 Å². The van der Waals surface area contributed by atoms with Gasteiger partial charge in [0, 0.05) is 11.3 Å². The van der Waals surface area contributed by atoms with E-state index in [1.165, 1.54) is 6.21 Å². The molecular formula is C13H15NO4. The van der Waals surface area contributed by atoms with Crippen LogP contribution in [-0.2, 0) is 9.57 Å². The number of esters is 1. The van der Waals surface area contributed by atoms with Gasteiger partial charge in [0.25, 0.3) is 6.21 Å². The topological polar surface area (TPSA) is 61.6 Å². The van der Waals surface area contributed by atoms with Crippen molar-refractivity contribution in [1.29, 1.82) is 0 Å². The van der Waals surface area contributed by atoms with Crippen LogP contribution in [0.3, 0.4) is 0 Å². The summed E-state index contributed by atoms with van der Waals surface area (Å²) in [6, 6.07) is 8.67. The molecule has 0 aliphatic carbocycles. The molecule has 0 radical (unpaired) electrons. The number of hydrogen-bond acceptors (Lipinski definition) is 4. The SMILES string of the molecule is CC1(C)CC(OC(=O)c2ccccc2)C=[N+]([O-])O1. The number of hydrogen-bond donors (Lipinski definition) is 0. The molecule has 1 atom stereocenters. The Morgan fingerprint density at radius 1 is 1.44 bits per heavy atom. The fraction of sp³-hybridized carbons (Fsp3) is 0.385. The maximum Gasteiger partial charge on any atom is 0.338 e. The Morgan fingerprint density at radius 3 is 2.72 bits per heavy atom. The first-order chi connectivity index (χ1) is 8.46. The van der Waals surface area contributed by atoms with E-state index < -0.39 is 17.7 Å². The Hall–Kier alpha value is -2.04. The van der Waals surface area contributed by atoms with E-state index in [0.29, 0.717) is 16.9 Å². The molecule has 5 nitrogen and oxygen atoms in total. The average Bonchev–Trinajstić information content (AvgIpc) is 2.27. The molecule has 1 unspecified atom stereocenters. The van der Waals surface area contributed by atoms with Crippen LogP contribution in [0.5, 0.6) is 0 Å². The summed E-state index contributed by atoms with van der Waals surface area (Å²) in [5, 5.41) is 11.3. The summed E-state index contributed by atoms with van der Waals surface area (Å²) in [6.45, 7) is 3.54. The Bertz CT molecular complexity index is 467. The first-order valence-corrected chi connectivity index (χ1v) is 5.73. The van der Waals surface area contributed by atoms with Gasteiger partial charge in [0.1, 0.15) is 0 Å². The molecule has 5 heteroatoms. The highest BCUT2D eigenvalue weighted by molar-refractivity contribution is 5.90. The summed E-state index contributed by atoms with van der Waals surface area (Å²) >= 11 is 0. The molecule has 18 heavy (non-hydrogen) atoms. The van der Waals surface area contributed by atoms with Crippen molar-refractivity contribution >= 4 is 12.2 Å². The first-order valence-electron chi connectivity index (χ1n) is 5.73. The molecule has 0 saturated heterocycles. The second kappa shape index (κ2) is 4.68. The molecule has 1 aromatic carbocycles. The third kappa shape index (κ3) is 3.00. The van der Waals surface area contributed by atoms with Gasteiger partial charge in [0.15, 0.2) is 6.10 Å². The number of carbonyl (C=O) groups is 1. The maximum atomic E-state index is 11.8. The molecule has 1 aromatic rings. The van der Waals surface area contributed by atoms with E-state index in [1.807, 2.05) is 6.07 Å². The fourth-order valence-corrected chi connectivity index (χ4v) is 1.84. The molecule has 0 N–H and O–H groups in total. The van der Waals surface area contributed by atoms with E-state index in [1.54, 1.807) is 38.1 Å². The van der Waals surface area contributed by atoms with Crippen LogP contribution >= 0.6 is 0 Å². The van der Waals surface area contributed by atoms with E-state index in [-0.39, 0.29) is 0 Å². The predicted molar refractivity (Wildman–Crippen MR) is 65.1 cm³/mol. The fourth-order valence-electron chi connectivity index (χ4n) is 1.84. The zero-order valence-electron chi connectivity index (χ0n) is 10.3. The Labute approximate surface area is 105 Å². The van der Waals surface area contributed by atoms with Gasteiger partial charge in [-0.15, -0.1) is 0 Å². The van der Waals surface area contributed by atoms with Crippen molar-refractivity contribution < 1.29 is 19.3 Å². The van der Waals surface area contributed by atoms with Crippen LogP contribution < -0.4 is 0 Å². The van der Waals surface area contributed by atoms with Gasteiger partial charge in [-0.25, -0.2) is 4.79 Å². The molecule has 1 aliphatic heterocycles. The quantitative estimate of drug-likeness (QED) is 0.593. The summed E-state index contributed by atoms with van der Waals surface area (Å²) < 4.78 is 5.27. The molecule has 96 valence electrons. The summed E-state index contributed by atoms with van der Waals surface area (Å²) in [5.74, 6) is -0.442. The lowest BCUT2D eigenvalue weighted by atomic mass is 10.0. The van der Waals surface area contributed by atoms with E-state index in [2.05, 4.69) is 0 Å². The number of carbonyl (C=O) groups excluding carboxylic acids is 1. The zero-order chi connectivity index (χ0) is 13.2. The van der Waals surface area contributed by atoms with Gasteiger partial charge in [-0.3, -0.25) is 5.21 Å². The van der Waals surface area contributed by atoms with Crippen molar-refractivity contribution in [2.75, 3.05) is 0 Å². The molecular weight excluding hydrogens is 234 g/mol. The minimum Gasteiger partial charge on any atom is -0.448 e. The third-order valence-corrected chi connectivity index (χ3v) is 2.59. The van der Waals surface area contributed by atoms with E-state index >= 15 is 0 Å². The van der Waals surface area contributed by atoms with Gasteiger partial charge in [-0.2, -0.15) is 0 Å². The highest BCUT2D eigenvalue weighted by atomic mass is 16.9. The van der Waals surface area contributed by atoms with Gasteiger partial charge in [0.05, 0.1) is 11.2 Å². The number of ether oxygens (including phenoxy) is 1. The van der Waals surface area contributed by atoms with Crippen LogP contribution in [0.1, 0.15) is 30.6 Å². The Morgan fingerprint density at radius 2 is 2.11 bits per heavy atom. The van der Waals surface area contributed by atoms with E-state index in [0.717, 1.165) is 0 Å². The second-order valence-electron chi connectivity index (χ2n) is 4.80. The van der Waals surface area contributed by atoms with Crippen molar-refractivity contribution in [1.82, 2.24) is 0 Å². The van der Waals surface area contributed by atoms with Gasteiger partial charge < -0.3 is 9.57 Å². The van der Waals surface area contributed by atoms with Crippen molar-refractivity contribution in [2.24, 2.45) is 0 Å². The molecule has 2 rings (SSSR count). The second-order valence-corrected chi connectivity index (χ2v) is 4.80. The van der Waals surface area contributed by atoms with Crippen molar-refractivity contribution in [3.8, 4) is 0 Å². The first kappa shape index (κ1) is 12.4. The van der Waals surface area contributed by atoms with E-state index in [9.17, 15) is 10.0 Å². The molecule has 0 fully saturated rings. The smallest absolute Gasteiger partial charge is 0.338 e. The molecule has 0 saturated carbocycles. The molecule has 0 amide bonds. The average molecular weight is 249 g/mol. The maximum absolute atomic E-state index is 11.8. The molecule has 0 aromatic heterocycles. The summed E-state index contributed by atoms with van der Waals surface area (Å²) in [7, 11) is 0. The van der Waals surface area contributed by atoms with Crippen molar-refractivity contribution in [3.05, 3.63) is 41.1 Å². The largest absolute Gasteiger partial charge is 0.448 e. The summed E-state index contributed by atoms with van der Waals surface area (Å²) in [5.41, 5.74) is -0.175. The lowest BCUT2D eigenvalue weighted by Crippen LogP contribution is -2.42. The van der Waals surface area contributed by atoms with Crippen molar-refractivity contribution in [2.45, 2.75) is 32.0 Å². The van der Waals surface area contributed by atoms with Crippen LogP contribution in [0.2, 0.25) is 0 Å². The number of rotatable bonds is 2. The zero-order valence-corrected chi connectivity index (χ0v) is 10.3. The standard InChI is InChI=1S/C13H15NO4/c1-13(2)8-11(9-14(16)18-13)17-12(15)10-6-4-3-5-7-10/h3-7,9,11H,8H2,1-2H3. The van der Waals surface area contributed by atoms with Crippen LogP contribution in [0.15, 0.2) is 30.3 Å². The monoisotopic (exact) mass is 249 g/mol. The minimum atomic E-state index is -0.641. The Balaban J connectivity index is 2.06. The molecule has 0 spiro atoms. The minimum absolute atomic E-state index is 0.354. The van der Waals surface area contributed by atoms with Gasteiger partial charge >= 0.3 is 5.97 Å². The lowest BCUT2D eigenvalue weighted by Gasteiger charge is -2.32. The number of benzene rings is 1. The summed E-state index contributed by atoms with van der Waals surface area (Å²) in [4.78, 5) is 17.2. The normalized spacial score (nSPS) is 21.7. The highest BCUT2D eigenvalue weighted by Gasteiger charge is 2.32. The summed E-state index contributed by atoms with van der Waals surface area (Å²) in [6.07, 6.45) is 1.09. The van der Waals surface area contributed by atoms with Crippen LogP contribution in [0, 0.1) is 5.21 Å². The predicted octanol–water partition coefficient (Wildman–Crippen LogP) is 1.91. The van der Waals surface area contributed by atoms with Crippen LogP contribution in [0.4, 0.5) is 0 Å². The van der Waals surface area contributed by atoms with Gasteiger partial charge in [-0.1, -0.05) is 18.2 Å². The van der Waals surface area contributed by atoms with Crippen LogP contribution in [0.25, 0.3) is 0 Å². The van der Waals surface area contributed by atoms with Gasteiger partial charge in [-0.05, 0) is 26.0 Å². The highest BCUT2D eigenvalue weighted by Crippen LogP contribution is 2.22.